The van der Waals surface area contributed by atoms with Crippen LogP contribution in [0.4, 0.5) is 0 Å². The highest BCUT2D eigenvalue weighted by atomic mass is 35.5. The van der Waals surface area contributed by atoms with Gasteiger partial charge in [0, 0.05) is 51.2 Å². The second-order valence-corrected chi connectivity index (χ2v) is 5.67. The molecule has 5 heteroatoms. The Morgan fingerprint density at radius 3 is 2.75 bits per heavy atom. The summed E-state index contributed by atoms with van der Waals surface area (Å²) in [7, 11) is 0. The van der Waals surface area contributed by atoms with E-state index in [9.17, 15) is 4.79 Å². The summed E-state index contributed by atoms with van der Waals surface area (Å²) in [4.78, 5) is 15.7. The highest BCUT2D eigenvalue weighted by Crippen LogP contribution is 2.20. The maximum absolute atomic E-state index is 11.4. The van der Waals surface area contributed by atoms with E-state index in [0.29, 0.717) is 6.54 Å². The van der Waals surface area contributed by atoms with Crippen molar-refractivity contribution in [2.75, 3.05) is 26.2 Å². The van der Waals surface area contributed by atoms with E-state index in [1.165, 1.54) is 0 Å². The van der Waals surface area contributed by atoms with E-state index in [1.807, 2.05) is 17.0 Å². The van der Waals surface area contributed by atoms with Crippen molar-refractivity contribution in [1.82, 2.24) is 9.80 Å². The van der Waals surface area contributed by atoms with Crippen molar-refractivity contribution in [3.05, 3.63) is 34.3 Å². The molecule has 110 valence electrons. The quantitative estimate of drug-likeness (QED) is 0.926. The summed E-state index contributed by atoms with van der Waals surface area (Å²) >= 11 is 6.30. The molecule has 0 unspecified atom stereocenters. The Balaban J connectivity index is 1.98. The fourth-order valence-electron chi connectivity index (χ4n) is 2.53. The summed E-state index contributed by atoms with van der Waals surface area (Å²) in [5.74, 6) is 0.164. The Kier molecular flexibility index (Phi) is 5.40. The lowest BCUT2D eigenvalue weighted by molar-refractivity contribution is -0.128. The van der Waals surface area contributed by atoms with Gasteiger partial charge in [-0.3, -0.25) is 9.69 Å². The first-order valence-electron chi connectivity index (χ1n) is 7.05. The molecule has 2 N–H and O–H groups in total. The SMILES string of the molecule is CC(=O)N1CCCN(Cc2ccc(CN)cc2Cl)CC1. The van der Waals surface area contributed by atoms with Gasteiger partial charge in [-0.25, -0.2) is 0 Å². The van der Waals surface area contributed by atoms with Crippen LogP contribution in [0.3, 0.4) is 0 Å². The summed E-state index contributed by atoms with van der Waals surface area (Å²) in [6, 6.07) is 6.02. The topological polar surface area (TPSA) is 49.6 Å². The van der Waals surface area contributed by atoms with Crippen LogP contribution in [-0.2, 0) is 17.9 Å². The lowest BCUT2D eigenvalue weighted by Gasteiger charge is -2.21. The Morgan fingerprint density at radius 1 is 1.30 bits per heavy atom. The van der Waals surface area contributed by atoms with E-state index >= 15 is 0 Å². The Labute approximate surface area is 125 Å². The first-order chi connectivity index (χ1) is 9.60. The lowest BCUT2D eigenvalue weighted by Crippen LogP contribution is -2.33. The molecular formula is C15H22ClN3O. The molecule has 4 nitrogen and oxygen atoms in total. The van der Waals surface area contributed by atoms with Crippen LogP contribution in [0, 0.1) is 0 Å². The zero-order chi connectivity index (χ0) is 14.5. The summed E-state index contributed by atoms with van der Waals surface area (Å²) < 4.78 is 0. The molecule has 0 saturated carbocycles. The minimum absolute atomic E-state index is 0.164. The maximum Gasteiger partial charge on any atom is 0.219 e. The van der Waals surface area contributed by atoms with E-state index in [4.69, 9.17) is 17.3 Å². The van der Waals surface area contributed by atoms with Gasteiger partial charge in [0.25, 0.3) is 0 Å². The van der Waals surface area contributed by atoms with Gasteiger partial charge in [-0.15, -0.1) is 0 Å². The van der Waals surface area contributed by atoms with E-state index < -0.39 is 0 Å². The van der Waals surface area contributed by atoms with E-state index in [0.717, 1.165) is 55.3 Å². The fourth-order valence-corrected chi connectivity index (χ4v) is 2.79. The zero-order valence-corrected chi connectivity index (χ0v) is 12.7. The van der Waals surface area contributed by atoms with Crippen LogP contribution in [0.15, 0.2) is 18.2 Å². The molecule has 1 saturated heterocycles. The number of hydrogen-bond acceptors (Lipinski definition) is 3. The van der Waals surface area contributed by atoms with Crippen molar-refractivity contribution in [3.8, 4) is 0 Å². The number of rotatable bonds is 3. The number of hydrogen-bond donors (Lipinski definition) is 1. The van der Waals surface area contributed by atoms with Gasteiger partial charge in [0.15, 0.2) is 0 Å². The predicted molar refractivity (Wildman–Crippen MR) is 81.5 cm³/mol. The van der Waals surface area contributed by atoms with Gasteiger partial charge in [-0.1, -0.05) is 23.7 Å². The summed E-state index contributed by atoms with van der Waals surface area (Å²) in [6.07, 6.45) is 1.01. The smallest absolute Gasteiger partial charge is 0.219 e. The van der Waals surface area contributed by atoms with Gasteiger partial charge < -0.3 is 10.6 Å². The van der Waals surface area contributed by atoms with Crippen LogP contribution >= 0.6 is 11.6 Å². The summed E-state index contributed by atoms with van der Waals surface area (Å²) in [6.45, 7) is 6.53. The maximum atomic E-state index is 11.4. The molecule has 0 spiro atoms. The van der Waals surface area contributed by atoms with Crippen LogP contribution in [0.1, 0.15) is 24.5 Å². The molecular weight excluding hydrogens is 274 g/mol. The van der Waals surface area contributed by atoms with Crippen LogP contribution in [0.2, 0.25) is 5.02 Å². The third-order valence-electron chi connectivity index (χ3n) is 3.78. The standard InChI is InChI=1S/C15H22ClN3O/c1-12(20)19-6-2-5-18(7-8-19)11-14-4-3-13(10-17)9-15(14)16/h3-4,9H,2,5-8,10-11,17H2,1H3. The molecule has 0 aliphatic carbocycles. The number of amides is 1. The van der Waals surface area contributed by atoms with Gasteiger partial charge >= 0.3 is 0 Å². The molecule has 0 aromatic heterocycles. The normalized spacial score (nSPS) is 17.1. The molecule has 20 heavy (non-hydrogen) atoms. The summed E-state index contributed by atoms with van der Waals surface area (Å²) in [5, 5.41) is 0.778. The van der Waals surface area contributed by atoms with Crippen LogP contribution in [0.25, 0.3) is 0 Å². The molecule has 1 amide bonds. The second kappa shape index (κ2) is 7.07. The number of nitrogens with two attached hydrogens (primary N) is 1. The largest absolute Gasteiger partial charge is 0.342 e. The van der Waals surface area contributed by atoms with E-state index in [2.05, 4.69) is 11.0 Å². The molecule has 1 aliphatic heterocycles. The van der Waals surface area contributed by atoms with Crippen LogP contribution < -0.4 is 5.73 Å². The number of halogens is 1. The van der Waals surface area contributed by atoms with Crippen molar-refractivity contribution in [2.45, 2.75) is 26.4 Å². The highest BCUT2D eigenvalue weighted by molar-refractivity contribution is 6.31. The molecule has 1 aromatic carbocycles. The summed E-state index contributed by atoms with van der Waals surface area (Å²) in [5.41, 5.74) is 7.79. The van der Waals surface area contributed by atoms with Crippen molar-refractivity contribution in [3.63, 3.8) is 0 Å². The monoisotopic (exact) mass is 295 g/mol. The van der Waals surface area contributed by atoms with Crippen LogP contribution in [0.5, 0.6) is 0 Å². The third-order valence-corrected chi connectivity index (χ3v) is 4.13. The highest BCUT2D eigenvalue weighted by Gasteiger charge is 2.17. The fraction of sp³-hybridized carbons (Fsp3) is 0.533. The van der Waals surface area contributed by atoms with E-state index in [1.54, 1.807) is 6.92 Å². The number of carbonyl (C=O) groups excluding carboxylic acids is 1. The first-order valence-corrected chi connectivity index (χ1v) is 7.43. The van der Waals surface area contributed by atoms with Crippen molar-refractivity contribution < 1.29 is 4.79 Å². The molecule has 1 aliphatic rings. The number of benzene rings is 1. The zero-order valence-electron chi connectivity index (χ0n) is 11.9. The molecule has 0 bridgehead atoms. The molecule has 1 fully saturated rings. The average molecular weight is 296 g/mol. The predicted octanol–water partition coefficient (Wildman–Crippen LogP) is 1.85. The minimum atomic E-state index is 0.164. The first kappa shape index (κ1) is 15.3. The number of carbonyl (C=O) groups is 1. The second-order valence-electron chi connectivity index (χ2n) is 5.27. The third kappa shape index (κ3) is 3.95. The minimum Gasteiger partial charge on any atom is -0.342 e. The molecule has 2 rings (SSSR count). The van der Waals surface area contributed by atoms with Crippen LogP contribution in [-0.4, -0.2) is 41.9 Å². The average Bonchev–Trinajstić information content (AvgIpc) is 2.66. The van der Waals surface area contributed by atoms with Gasteiger partial charge in [-0.2, -0.15) is 0 Å². The molecule has 1 heterocycles. The number of nitrogens with zero attached hydrogens (tertiary/aromatic N) is 2. The Morgan fingerprint density at radius 2 is 2.10 bits per heavy atom. The van der Waals surface area contributed by atoms with Gasteiger partial charge in [-0.05, 0) is 23.6 Å². The molecule has 1 aromatic rings. The van der Waals surface area contributed by atoms with Crippen molar-refractivity contribution in [1.29, 1.82) is 0 Å². The van der Waals surface area contributed by atoms with Crippen molar-refractivity contribution >= 4 is 17.5 Å². The van der Waals surface area contributed by atoms with E-state index in [-0.39, 0.29) is 5.91 Å². The lowest BCUT2D eigenvalue weighted by atomic mass is 10.1. The van der Waals surface area contributed by atoms with Gasteiger partial charge in [0.2, 0.25) is 5.91 Å². The Bertz CT molecular complexity index is 478. The molecule has 0 atom stereocenters. The van der Waals surface area contributed by atoms with Gasteiger partial charge in [0.05, 0.1) is 0 Å². The molecule has 0 radical (unpaired) electrons. The Hall–Kier alpha value is -1.10. The van der Waals surface area contributed by atoms with Gasteiger partial charge in [0.1, 0.15) is 0 Å². The van der Waals surface area contributed by atoms with Crippen molar-refractivity contribution in [2.24, 2.45) is 5.73 Å².